The zero-order chi connectivity index (χ0) is 12.6. The van der Waals surface area contributed by atoms with Crippen LogP contribution in [0.1, 0.15) is 5.56 Å². The molecule has 1 aromatic rings. The fraction of sp³-hybridized carbons (Fsp3) is 0.200. The van der Waals surface area contributed by atoms with Crippen molar-refractivity contribution < 1.29 is 13.0 Å². The molecule has 0 spiro atoms. The van der Waals surface area contributed by atoms with E-state index in [0.717, 1.165) is 5.56 Å². The zero-order valence-corrected chi connectivity index (χ0v) is 10.6. The van der Waals surface area contributed by atoms with E-state index >= 15 is 0 Å². The molecule has 1 aliphatic heterocycles. The monoisotopic (exact) mass is 270 g/mol. The Morgan fingerprint density at radius 2 is 2.18 bits per heavy atom. The second-order valence-corrected chi connectivity index (χ2v) is 5.41. The molecule has 0 atom stereocenters. The summed E-state index contributed by atoms with van der Waals surface area (Å²) < 4.78 is 31.7. The van der Waals surface area contributed by atoms with Gasteiger partial charge in [0.15, 0.2) is 5.11 Å². The van der Waals surface area contributed by atoms with Crippen LogP contribution in [0.4, 0.5) is 5.69 Å². The molecule has 7 heteroatoms. The van der Waals surface area contributed by atoms with E-state index in [9.17, 15) is 8.42 Å². The molecule has 5 nitrogen and oxygen atoms in total. The molecule has 17 heavy (non-hydrogen) atoms. The molecule has 90 valence electrons. The molecule has 1 N–H and O–H groups in total. The molecular weight excluding hydrogens is 260 g/mol. The van der Waals surface area contributed by atoms with Crippen molar-refractivity contribution in [1.82, 2.24) is 0 Å². The normalized spacial score (nSPS) is 15.6. The van der Waals surface area contributed by atoms with Crippen molar-refractivity contribution in [2.24, 2.45) is 4.99 Å². The Balaban J connectivity index is 2.59. The summed E-state index contributed by atoms with van der Waals surface area (Å²) in [4.78, 5) is 5.31. The molecule has 0 saturated heterocycles. The third-order valence-corrected chi connectivity index (χ3v) is 3.61. The Labute approximate surface area is 105 Å². The van der Waals surface area contributed by atoms with Gasteiger partial charge in [0.2, 0.25) is 0 Å². The molecule has 0 aromatic heterocycles. The van der Waals surface area contributed by atoms with E-state index in [4.69, 9.17) is 16.8 Å². The van der Waals surface area contributed by atoms with E-state index in [0.29, 0.717) is 17.3 Å². The number of anilines is 1. The minimum absolute atomic E-state index is 0.157. The number of hydrogen-bond donors (Lipinski definition) is 1. The minimum Gasteiger partial charge on any atom is -0.310 e. The number of aryl methyl sites for hydroxylation is 1. The summed E-state index contributed by atoms with van der Waals surface area (Å²) in [5, 5.41) is 0.292. The van der Waals surface area contributed by atoms with Crippen molar-refractivity contribution in [1.29, 1.82) is 0 Å². The lowest BCUT2D eigenvalue weighted by Gasteiger charge is -2.19. The van der Waals surface area contributed by atoms with Gasteiger partial charge in [-0.2, -0.15) is 8.42 Å². The van der Waals surface area contributed by atoms with Crippen molar-refractivity contribution in [2.75, 3.05) is 11.4 Å². The highest BCUT2D eigenvalue weighted by atomic mass is 32.2. The zero-order valence-electron chi connectivity index (χ0n) is 8.99. The number of thiocarbonyl (C=S) groups is 1. The quantitative estimate of drug-likeness (QED) is 0.650. The van der Waals surface area contributed by atoms with E-state index in [1.807, 2.05) is 6.92 Å². The first-order chi connectivity index (χ1) is 7.89. The molecule has 0 radical (unpaired) electrons. The number of hydrogen-bond acceptors (Lipinski definition) is 3. The second kappa shape index (κ2) is 4.17. The van der Waals surface area contributed by atoms with Crippen LogP contribution in [-0.4, -0.2) is 30.8 Å². The third-order valence-electron chi connectivity index (χ3n) is 2.38. The summed E-state index contributed by atoms with van der Waals surface area (Å²) in [6.07, 6.45) is 1.60. The highest BCUT2D eigenvalue weighted by Crippen LogP contribution is 2.27. The van der Waals surface area contributed by atoms with Crippen LogP contribution < -0.4 is 4.90 Å². The lowest BCUT2D eigenvalue weighted by atomic mass is 10.2. The number of rotatable bonds is 2. The Kier molecular flexibility index (Phi) is 2.98. The van der Waals surface area contributed by atoms with Gasteiger partial charge in [-0.15, -0.1) is 0 Å². The van der Waals surface area contributed by atoms with Crippen molar-refractivity contribution in [3.05, 3.63) is 23.8 Å². The molecular formula is C10H10N2O3S2. The fourth-order valence-electron chi connectivity index (χ4n) is 1.61. The predicted octanol–water partition coefficient (Wildman–Crippen LogP) is 1.42. The van der Waals surface area contributed by atoms with Crippen molar-refractivity contribution in [3.63, 3.8) is 0 Å². The van der Waals surface area contributed by atoms with Gasteiger partial charge in [0.25, 0.3) is 10.1 Å². The lowest BCUT2D eigenvalue weighted by molar-refractivity contribution is 0.483. The van der Waals surface area contributed by atoms with E-state index in [1.54, 1.807) is 23.2 Å². The molecule has 0 amide bonds. The van der Waals surface area contributed by atoms with E-state index in [2.05, 4.69) is 4.99 Å². The van der Waals surface area contributed by atoms with Crippen LogP contribution in [-0.2, 0) is 10.1 Å². The van der Waals surface area contributed by atoms with Crippen LogP contribution in [0.3, 0.4) is 0 Å². The summed E-state index contributed by atoms with van der Waals surface area (Å²) in [5.74, 6) is 0. The lowest BCUT2D eigenvalue weighted by Crippen LogP contribution is -2.25. The van der Waals surface area contributed by atoms with Gasteiger partial charge in [0, 0.05) is 6.21 Å². The standard InChI is InChI=1S/C10H10N2O3S2/c1-7-2-3-9(17(13,14)15)8(6-7)12-5-4-11-10(12)16/h2-4,6H,5H2,1H3,(H,13,14,15). The van der Waals surface area contributed by atoms with Gasteiger partial charge in [-0.05, 0) is 36.8 Å². The molecule has 0 saturated carbocycles. The molecule has 1 aromatic carbocycles. The predicted molar refractivity (Wildman–Crippen MR) is 69.4 cm³/mol. The smallest absolute Gasteiger partial charge is 0.296 e. The number of nitrogens with zero attached hydrogens (tertiary/aromatic N) is 2. The number of benzene rings is 1. The first kappa shape index (κ1) is 12.2. The molecule has 0 fully saturated rings. The van der Waals surface area contributed by atoms with Gasteiger partial charge in [0.1, 0.15) is 4.90 Å². The summed E-state index contributed by atoms with van der Waals surface area (Å²) in [5.41, 5.74) is 1.23. The maximum atomic E-state index is 11.3. The molecule has 1 aliphatic rings. The average Bonchev–Trinajstić information content (AvgIpc) is 2.62. The first-order valence-electron chi connectivity index (χ1n) is 4.82. The Hall–Kier alpha value is -1.31. The Morgan fingerprint density at radius 3 is 2.71 bits per heavy atom. The van der Waals surface area contributed by atoms with Gasteiger partial charge >= 0.3 is 0 Å². The molecule has 2 rings (SSSR count). The van der Waals surface area contributed by atoms with Crippen LogP contribution in [0.15, 0.2) is 28.1 Å². The summed E-state index contributed by atoms with van der Waals surface area (Å²) >= 11 is 5.00. The highest BCUT2D eigenvalue weighted by molar-refractivity contribution is 7.86. The minimum atomic E-state index is -4.27. The van der Waals surface area contributed by atoms with Crippen LogP contribution >= 0.6 is 12.2 Å². The molecule has 1 heterocycles. The first-order valence-corrected chi connectivity index (χ1v) is 6.66. The highest BCUT2D eigenvalue weighted by Gasteiger charge is 2.23. The largest absolute Gasteiger partial charge is 0.310 e. The van der Waals surface area contributed by atoms with Crippen molar-refractivity contribution >= 4 is 39.4 Å². The topological polar surface area (TPSA) is 70.0 Å². The van der Waals surface area contributed by atoms with E-state index < -0.39 is 10.1 Å². The third kappa shape index (κ3) is 2.36. The van der Waals surface area contributed by atoms with Crippen LogP contribution in [0.5, 0.6) is 0 Å². The van der Waals surface area contributed by atoms with Crippen LogP contribution in [0, 0.1) is 6.92 Å². The van der Waals surface area contributed by atoms with Gasteiger partial charge in [-0.3, -0.25) is 4.55 Å². The summed E-state index contributed by atoms with van der Waals surface area (Å²) in [7, 11) is -4.27. The van der Waals surface area contributed by atoms with E-state index in [-0.39, 0.29) is 4.90 Å². The van der Waals surface area contributed by atoms with Gasteiger partial charge in [0.05, 0.1) is 12.2 Å². The van der Waals surface area contributed by atoms with Crippen molar-refractivity contribution in [3.8, 4) is 0 Å². The van der Waals surface area contributed by atoms with E-state index in [1.165, 1.54) is 6.07 Å². The Morgan fingerprint density at radius 1 is 1.47 bits per heavy atom. The second-order valence-electron chi connectivity index (χ2n) is 3.65. The fourth-order valence-corrected chi connectivity index (χ4v) is 2.53. The maximum Gasteiger partial charge on any atom is 0.296 e. The van der Waals surface area contributed by atoms with Crippen LogP contribution in [0.25, 0.3) is 0 Å². The van der Waals surface area contributed by atoms with Gasteiger partial charge in [-0.25, -0.2) is 4.99 Å². The maximum absolute atomic E-state index is 11.3. The average molecular weight is 270 g/mol. The molecule has 0 aliphatic carbocycles. The van der Waals surface area contributed by atoms with Crippen molar-refractivity contribution in [2.45, 2.75) is 11.8 Å². The number of aliphatic imine (C=N–C) groups is 1. The molecule has 0 bridgehead atoms. The van der Waals surface area contributed by atoms with Crippen LogP contribution in [0.2, 0.25) is 0 Å². The summed E-state index contributed by atoms with van der Waals surface area (Å²) in [6.45, 7) is 2.24. The van der Waals surface area contributed by atoms with Gasteiger partial charge < -0.3 is 4.90 Å². The molecule has 0 unspecified atom stereocenters. The summed E-state index contributed by atoms with van der Waals surface area (Å²) in [6, 6.07) is 4.64. The van der Waals surface area contributed by atoms with Gasteiger partial charge in [-0.1, -0.05) is 6.07 Å². The Bertz CT molecular complexity index is 608. The SMILES string of the molecule is Cc1ccc(S(=O)(=O)O)c(N2CC=NC2=S)c1.